The Hall–Kier alpha value is -2.97. The number of fused-ring (bicyclic) bond motifs is 1. The molecule has 1 saturated heterocycles. The molecule has 0 radical (unpaired) electrons. The molecule has 0 atom stereocenters. The number of morpholine rings is 1. The van der Waals surface area contributed by atoms with Gasteiger partial charge >= 0.3 is 0 Å². The second-order valence-corrected chi connectivity index (χ2v) is 7.79. The topological polar surface area (TPSA) is 80.8 Å². The van der Waals surface area contributed by atoms with Crippen molar-refractivity contribution in [3.05, 3.63) is 53.6 Å². The van der Waals surface area contributed by atoms with Gasteiger partial charge in [0.2, 0.25) is 0 Å². The van der Waals surface area contributed by atoms with Gasteiger partial charge in [0.1, 0.15) is 5.75 Å². The number of carbonyl (C=O) groups excluding carboxylic acids is 2. The summed E-state index contributed by atoms with van der Waals surface area (Å²) in [6.07, 6.45) is 0. The zero-order valence-corrected chi connectivity index (χ0v) is 16.8. The van der Waals surface area contributed by atoms with Crippen molar-refractivity contribution in [3.8, 4) is 5.75 Å². The van der Waals surface area contributed by atoms with Crippen LogP contribution in [0.1, 0.15) is 15.9 Å². The Bertz CT molecular complexity index is 1030. The standard InChI is InChI=1S/C21H21N3O4S/c1-14-2-7-17-18(12-14)29-21(22-17)23-19(25)13-28-16-5-3-15(4-6-16)20(26)24-8-10-27-11-9-24/h2-7,12H,8-11,13H2,1H3,(H,22,23,25). The number of benzene rings is 2. The van der Waals surface area contributed by atoms with Crippen LogP contribution in [0.5, 0.6) is 5.75 Å². The summed E-state index contributed by atoms with van der Waals surface area (Å²) < 4.78 is 11.8. The highest BCUT2D eigenvalue weighted by Crippen LogP contribution is 2.26. The van der Waals surface area contributed by atoms with E-state index in [0.29, 0.717) is 42.7 Å². The van der Waals surface area contributed by atoms with Crippen LogP contribution in [0.4, 0.5) is 5.13 Å². The van der Waals surface area contributed by atoms with Gasteiger partial charge in [-0.3, -0.25) is 14.9 Å². The molecule has 2 amide bonds. The number of thiazole rings is 1. The molecule has 0 unspecified atom stereocenters. The zero-order valence-electron chi connectivity index (χ0n) is 16.0. The van der Waals surface area contributed by atoms with Crippen molar-refractivity contribution in [2.45, 2.75) is 6.92 Å². The predicted molar refractivity (Wildman–Crippen MR) is 112 cm³/mol. The van der Waals surface area contributed by atoms with E-state index in [0.717, 1.165) is 15.8 Å². The van der Waals surface area contributed by atoms with Crippen LogP contribution >= 0.6 is 11.3 Å². The molecule has 29 heavy (non-hydrogen) atoms. The van der Waals surface area contributed by atoms with Crippen LogP contribution < -0.4 is 10.1 Å². The number of nitrogens with zero attached hydrogens (tertiary/aromatic N) is 2. The van der Waals surface area contributed by atoms with Crippen molar-refractivity contribution in [2.24, 2.45) is 0 Å². The van der Waals surface area contributed by atoms with E-state index in [-0.39, 0.29) is 18.4 Å². The Morgan fingerprint density at radius 1 is 1.17 bits per heavy atom. The molecule has 1 fully saturated rings. The van der Waals surface area contributed by atoms with Gasteiger partial charge in [0.05, 0.1) is 23.4 Å². The van der Waals surface area contributed by atoms with Crippen LogP contribution in [0.2, 0.25) is 0 Å². The fourth-order valence-corrected chi connectivity index (χ4v) is 4.01. The van der Waals surface area contributed by atoms with Gasteiger partial charge in [0.15, 0.2) is 11.7 Å². The van der Waals surface area contributed by atoms with Crippen LogP contribution in [0.15, 0.2) is 42.5 Å². The quantitative estimate of drug-likeness (QED) is 0.698. The largest absolute Gasteiger partial charge is 0.484 e. The van der Waals surface area contributed by atoms with E-state index in [2.05, 4.69) is 10.3 Å². The second-order valence-electron chi connectivity index (χ2n) is 6.76. The van der Waals surface area contributed by atoms with Crippen molar-refractivity contribution in [2.75, 3.05) is 38.2 Å². The molecule has 4 rings (SSSR count). The minimum atomic E-state index is -0.283. The normalized spacial score (nSPS) is 14.0. The molecule has 1 N–H and O–H groups in total. The first-order valence-corrected chi connectivity index (χ1v) is 10.2. The lowest BCUT2D eigenvalue weighted by atomic mass is 10.2. The SMILES string of the molecule is Cc1ccc2nc(NC(=O)COc3ccc(C(=O)N4CCOCC4)cc3)sc2c1. The number of aromatic nitrogens is 1. The molecule has 0 saturated carbocycles. The Labute approximate surface area is 172 Å². The third-order valence-corrected chi connectivity index (χ3v) is 5.49. The molecule has 0 spiro atoms. The number of rotatable bonds is 5. The summed E-state index contributed by atoms with van der Waals surface area (Å²) in [6, 6.07) is 12.8. The highest BCUT2D eigenvalue weighted by Gasteiger charge is 2.18. The molecule has 7 nitrogen and oxygen atoms in total. The number of ether oxygens (including phenoxy) is 2. The van der Waals surface area contributed by atoms with E-state index in [1.54, 1.807) is 29.2 Å². The third-order valence-electron chi connectivity index (χ3n) is 4.56. The van der Waals surface area contributed by atoms with Crippen LogP contribution in [-0.4, -0.2) is 54.6 Å². The van der Waals surface area contributed by atoms with Crippen molar-refractivity contribution < 1.29 is 19.1 Å². The number of nitrogens with one attached hydrogen (secondary N) is 1. The lowest BCUT2D eigenvalue weighted by Crippen LogP contribution is -2.40. The summed E-state index contributed by atoms with van der Waals surface area (Å²) in [5.74, 6) is 0.219. The van der Waals surface area contributed by atoms with Gasteiger partial charge in [-0.2, -0.15) is 0 Å². The highest BCUT2D eigenvalue weighted by atomic mass is 32.1. The van der Waals surface area contributed by atoms with Crippen molar-refractivity contribution >= 4 is 38.5 Å². The maximum absolute atomic E-state index is 12.4. The molecule has 2 aromatic carbocycles. The number of hydrogen-bond donors (Lipinski definition) is 1. The minimum Gasteiger partial charge on any atom is -0.484 e. The summed E-state index contributed by atoms with van der Waals surface area (Å²) in [5.41, 5.74) is 2.60. The van der Waals surface area contributed by atoms with Crippen molar-refractivity contribution in [1.82, 2.24) is 9.88 Å². The first kappa shape index (κ1) is 19.4. The lowest BCUT2D eigenvalue weighted by molar-refractivity contribution is -0.118. The molecule has 1 aliphatic heterocycles. The van der Waals surface area contributed by atoms with Crippen molar-refractivity contribution in [3.63, 3.8) is 0 Å². The Morgan fingerprint density at radius 3 is 2.69 bits per heavy atom. The number of aryl methyl sites for hydroxylation is 1. The number of amides is 2. The Morgan fingerprint density at radius 2 is 1.93 bits per heavy atom. The summed E-state index contributed by atoms with van der Waals surface area (Å²) in [5, 5.41) is 3.31. The molecular formula is C21H21N3O4S. The minimum absolute atomic E-state index is 0.0244. The first-order chi connectivity index (χ1) is 14.1. The monoisotopic (exact) mass is 411 g/mol. The third kappa shape index (κ3) is 4.72. The highest BCUT2D eigenvalue weighted by molar-refractivity contribution is 7.22. The fraction of sp³-hybridized carbons (Fsp3) is 0.286. The van der Waals surface area contributed by atoms with Gasteiger partial charge in [-0.05, 0) is 48.9 Å². The molecule has 3 aromatic rings. The van der Waals surface area contributed by atoms with Crippen LogP contribution in [0.3, 0.4) is 0 Å². The smallest absolute Gasteiger partial charge is 0.264 e. The fourth-order valence-electron chi connectivity index (χ4n) is 3.03. The Kier molecular flexibility index (Phi) is 5.73. The summed E-state index contributed by atoms with van der Waals surface area (Å²) in [7, 11) is 0. The molecular weight excluding hydrogens is 390 g/mol. The average Bonchev–Trinajstić information content (AvgIpc) is 3.14. The Balaban J connectivity index is 1.31. The van der Waals surface area contributed by atoms with E-state index in [9.17, 15) is 9.59 Å². The molecule has 0 aliphatic carbocycles. The average molecular weight is 411 g/mol. The zero-order chi connectivity index (χ0) is 20.2. The van der Waals surface area contributed by atoms with E-state index < -0.39 is 0 Å². The number of carbonyl (C=O) groups is 2. The summed E-state index contributed by atoms with van der Waals surface area (Å²) >= 11 is 1.43. The van der Waals surface area contributed by atoms with Gasteiger partial charge in [-0.25, -0.2) is 4.98 Å². The second kappa shape index (κ2) is 8.59. The van der Waals surface area contributed by atoms with Gasteiger partial charge in [0, 0.05) is 18.7 Å². The van der Waals surface area contributed by atoms with Crippen molar-refractivity contribution in [1.29, 1.82) is 0 Å². The number of anilines is 1. The molecule has 0 bridgehead atoms. The van der Waals surface area contributed by atoms with Crippen LogP contribution in [0.25, 0.3) is 10.2 Å². The molecule has 1 aliphatic rings. The van der Waals surface area contributed by atoms with E-state index in [1.165, 1.54) is 11.3 Å². The van der Waals surface area contributed by atoms with E-state index >= 15 is 0 Å². The first-order valence-electron chi connectivity index (χ1n) is 9.35. The number of hydrogen-bond acceptors (Lipinski definition) is 6. The van der Waals surface area contributed by atoms with Gasteiger partial charge < -0.3 is 14.4 Å². The summed E-state index contributed by atoms with van der Waals surface area (Å²) in [6.45, 7) is 4.22. The predicted octanol–water partition coefficient (Wildman–Crippen LogP) is 3.09. The molecule has 2 heterocycles. The van der Waals surface area contributed by atoms with Gasteiger partial charge in [0.25, 0.3) is 11.8 Å². The van der Waals surface area contributed by atoms with Gasteiger partial charge in [-0.1, -0.05) is 17.4 Å². The summed E-state index contributed by atoms with van der Waals surface area (Å²) in [4.78, 5) is 30.8. The lowest BCUT2D eigenvalue weighted by Gasteiger charge is -2.26. The van der Waals surface area contributed by atoms with E-state index in [1.807, 2.05) is 25.1 Å². The molecule has 8 heteroatoms. The maximum Gasteiger partial charge on any atom is 0.264 e. The van der Waals surface area contributed by atoms with Crippen LogP contribution in [-0.2, 0) is 9.53 Å². The van der Waals surface area contributed by atoms with Gasteiger partial charge in [-0.15, -0.1) is 0 Å². The van der Waals surface area contributed by atoms with Crippen LogP contribution in [0, 0.1) is 6.92 Å². The van der Waals surface area contributed by atoms with E-state index in [4.69, 9.17) is 9.47 Å². The molecule has 1 aromatic heterocycles. The maximum atomic E-state index is 12.4. The molecule has 150 valence electrons.